The highest BCUT2D eigenvalue weighted by Gasteiger charge is 2.62. The fraction of sp³-hybridized carbons (Fsp3) is 0.222. The normalized spacial score (nSPS) is 16.2. The monoisotopic (exact) mass is 502 g/mol. The van der Waals surface area contributed by atoms with E-state index in [4.69, 9.17) is 4.74 Å². The number of anilines is 1. The maximum Gasteiger partial charge on any atom is 0.467 e. The van der Waals surface area contributed by atoms with Crippen molar-refractivity contribution in [3.8, 4) is 0 Å². The number of carbonyl (C=O) groups excluding carboxylic acids is 2. The van der Waals surface area contributed by atoms with Crippen LogP contribution in [0.15, 0.2) is 41.3 Å². The van der Waals surface area contributed by atoms with Crippen LogP contribution in [0, 0.1) is 17.5 Å². The maximum atomic E-state index is 14.5. The van der Waals surface area contributed by atoms with E-state index >= 15 is 0 Å². The number of hydrogen-bond donors (Lipinski definition) is 0. The number of rotatable bonds is 4. The number of halogens is 8. The van der Waals surface area contributed by atoms with E-state index in [1.54, 1.807) is 0 Å². The molecule has 1 aliphatic heterocycles. The molecule has 3 rings (SSSR count). The minimum atomic E-state index is -6.17. The summed E-state index contributed by atoms with van der Waals surface area (Å²) in [4.78, 5) is 24.5. The minimum Gasteiger partial charge on any atom is -0.340 e. The van der Waals surface area contributed by atoms with Crippen LogP contribution in [-0.4, -0.2) is 45.9 Å². The van der Waals surface area contributed by atoms with Crippen molar-refractivity contribution in [2.24, 2.45) is 0 Å². The predicted octanol–water partition coefficient (Wildman–Crippen LogP) is 4.38. The zero-order valence-electron chi connectivity index (χ0n) is 15.8. The van der Waals surface area contributed by atoms with Gasteiger partial charge in [0, 0.05) is 4.90 Å². The quantitative estimate of drug-likeness (QED) is 0.583. The van der Waals surface area contributed by atoms with Crippen LogP contribution in [0.25, 0.3) is 0 Å². The van der Waals surface area contributed by atoms with Crippen molar-refractivity contribution in [3.63, 3.8) is 0 Å². The summed E-state index contributed by atoms with van der Waals surface area (Å²) in [5.74, 6) is -5.62. The smallest absolute Gasteiger partial charge is 0.340 e. The largest absolute Gasteiger partial charge is 0.467 e. The third-order valence-electron chi connectivity index (χ3n) is 4.31. The SMILES string of the molecule is O=C(c1c(F)cccc1F)N1COCN(c2ccc(S(=O)C(F)(F)C(F)(F)F)cc2F)C1=O. The van der Waals surface area contributed by atoms with Gasteiger partial charge >= 0.3 is 17.5 Å². The molecule has 1 saturated heterocycles. The molecule has 2 aromatic rings. The molecule has 0 aliphatic carbocycles. The van der Waals surface area contributed by atoms with Gasteiger partial charge in [-0.2, -0.15) is 22.0 Å². The molecule has 1 aliphatic rings. The van der Waals surface area contributed by atoms with Crippen molar-refractivity contribution in [1.82, 2.24) is 4.90 Å². The van der Waals surface area contributed by atoms with Crippen molar-refractivity contribution >= 4 is 28.4 Å². The summed E-state index contributed by atoms with van der Waals surface area (Å²) in [5.41, 5.74) is -1.85. The molecule has 0 saturated carbocycles. The van der Waals surface area contributed by atoms with E-state index in [1.165, 1.54) is 0 Å². The lowest BCUT2D eigenvalue weighted by Crippen LogP contribution is -2.53. The Labute approximate surface area is 181 Å². The number of ether oxygens (including phenoxy) is 1. The van der Waals surface area contributed by atoms with Gasteiger partial charge in [0.1, 0.15) is 47.3 Å². The van der Waals surface area contributed by atoms with Gasteiger partial charge in [0.05, 0.1) is 5.69 Å². The number of urea groups is 1. The summed E-state index contributed by atoms with van der Waals surface area (Å²) in [5, 5.41) is -5.68. The number of alkyl halides is 5. The number of nitrogens with zero attached hydrogens (tertiary/aromatic N) is 2. The fourth-order valence-corrected chi connectivity index (χ4v) is 3.62. The van der Waals surface area contributed by atoms with Crippen LogP contribution in [0.4, 0.5) is 45.6 Å². The molecular weight excluding hydrogens is 492 g/mol. The second-order valence-electron chi connectivity index (χ2n) is 6.40. The molecule has 0 radical (unpaired) electrons. The Hall–Kier alpha value is -3.07. The standard InChI is InChI=1S/C18H10F8N2O4S/c19-10-2-1-3-11(20)14(10)15(29)28-8-32-7-27(16(28)30)13-5-4-9(6-12(13)21)33(31)18(25,26)17(22,23)24/h1-6H,7-8H2. The van der Waals surface area contributed by atoms with Gasteiger partial charge in [0.25, 0.3) is 5.91 Å². The Morgan fingerprint density at radius 3 is 2.09 bits per heavy atom. The Bertz CT molecular complexity index is 1120. The molecule has 6 nitrogen and oxygen atoms in total. The molecular formula is C18H10F8N2O4S. The van der Waals surface area contributed by atoms with Gasteiger partial charge < -0.3 is 4.74 Å². The molecule has 3 amide bonds. The molecule has 33 heavy (non-hydrogen) atoms. The van der Waals surface area contributed by atoms with Crippen LogP contribution in [0.3, 0.4) is 0 Å². The van der Waals surface area contributed by atoms with Crippen molar-refractivity contribution in [2.45, 2.75) is 16.3 Å². The predicted molar refractivity (Wildman–Crippen MR) is 95.0 cm³/mol. The summed E-state index contributed by atoms with van der Waals surface area (Å²) in [6.45, 7) is -1.48. The Balaban J connectivity index is 1.90. The second kappa shape index (κ2) is 8.70. The first kappa shape index (κ1) is 24.6. The fourth-order valence-electron chi connectivity index (χ4n) is 2.71. The summed E-state index contributed by atoms with van der Waals surface area (Å²) >= 11 is 0. The first-order valence-corrected chi connectivity index (χ1v) is 9.73. The van der Waals surface area contributed by atoms with Gasteiger partial charge in [-0.15, -0.1) is 0 Å². The zero-order chi connectivity index (χ0) is 24.7. The highest BCUT2D eigenvalue weighted by atomic mass is 32.2. The lowest BCUT2D eigenvalue weighted by atomic mass is 10.1. The molecule has 2 aromatic carbocycles. The summed E-state index contributed by atoms with van der Waals surface area (Å²) in [7, 11) is -4.02. The molecule has 1 heterocycles. The van der Waals surface area contributed by atoms with Gasteiger partial charge in [-0.05, 0) is 30.3 Å². The van der Waals surface area contributed by atoms with E-state index in [0.29, 0.717) is 17.0 Å². The molecule has 1 atom stereocenters. The topological polar surface area (TPSA) is 66.9 Å². The van der Waals surface area contributed by atoms with Crippen molar-refractivity contribution < 1.29 is 53.7 Å². The highest BCUT2D eigenvalue weighted by Crippen LogP contribution is 2.41. The average Bonchev–Trinajstić information content (AvgIpc) is 2.72. The van der Waals surface area contributed by atoms with E-state index in [2.05, 4.69) is 0 Å². The van der Waals surface area contributed by atoms with Gasteiger partial charge in [-0.25, -0.2) is 27.1 Å². The first-order valence-electron chi connectivity index (χ1n) is 8.58. The highest BCUT2D eigenvalue weighted by molar-refractivity contribution is 7.86. The van der Waals surface area contributed by atoms with Crippen molar-refractivity contribution in [3.05, 3.63) is 59.4 Å². The second-order valence-corrected chi connectivity index (χ2v) is 7.92. The number of imide groups is 1. The van der Waals surface area contributed by atoms with Crippen LogP contribution in [-0.2, 0) is 15.5 Å². The van der Waals surface area contributed by atoms with Crippen LogP contribution in [0.1, 0.15) is 10.4 Å². The lowest BCUT2D eigenvalue weighted by Gasteiger charge is -2.34. The number of amides is 3. The molecule has 0 bridgehead atoms. The van der Waals surface area contributed by atoms with Crippen LogP contribution < -0.4 is 4.90 Å². The Morgan fingerprint density at radius 2 is 1.55 bits per heavy atom. The number of carbonyl (C=O) groups is 2. The van der Waals surface area contributed by atoms with Crippen molar-refractivity contribution in [1.29, 1.82) is 0 Å². The van der Waals surface area contributed by atoms with Gasteiger partial charge in [0.2, 0.25) is 0 Å². The van der Waals surface area contributed by atoms with Gasteiger partial charge in [-0.3, -0.25) is 9.69 Å². The summed E-state index contributed by atoms with van der Waals surface area (Å²) in [6, 6.07) is 2.24. The average molecular weight is 502 g/mol. The van der Waals surface area contributed by atoms with Gasteiger partial charge in [-0.1, -0.05) is 6.07 Å². The third kappa shape index (κ3) is 4.42. The Kier molecular flexibility index (Phi) is 6.48. The minimum absolute atomic E-state index is 0.0929. The van der Waals surface area contributed by atoms with E-state index < -0.39 is 81.2 Å². The third-order valence-corrected chi connectivity index (χ3v) is 5.69. The van der Waals surface area contributed by atoms with E-state index in [-0.39, 0.29) is 11.0 Å². The maximum absolute atomic E-state index is 14.5. The van der Waals surface area contributed by atoms with Crippen molar-refractivity contribution in [2.75, 3.05) is 18.4 Å². The molecule has 0 N–H and O–H groups in total. The van der Waals surface area contributed by atoms with Crippen LogP contribution in [0.2, 0.25) is 0 Å². The van der Waals surface area contributed by atoms with Crippen LogP contribution in [0.5, 0.6) is 0 Å². The molecule has 0 spiro atoms. The molecule has 178 valence electrons. The van der Waals surface area contributed by atoms with E-state index in [0.717, 1.165) is 18.2 Å². The molecule has 1 unspecified atom stereocenters. The first-order chi connectivity index (χ1) is 15.3. The summed E-state index contributed by atoms with van der Waals surface area (Å²) in [6.07, 6.45) is -6.17. The van der Waals surface area contributed by atoms with Crippen LogP contribution >= 0.6 is 0 Å². The molecule has 0 aromatic heterocycles. The number of hydrogen-bond acceptors (Lipinski definition) is 4. The molecule has 15 heteroatoms. The Morgan fingerprint density at radius 1 is 0.939 bits per heavy atom. The lowest BCUT2D eigenvalue weighted by molar-refractivity contribution is -0.239. The molecule has 1 fully saturated rings. The van der Waals surface area contributed by atoms with Gasteiger partial charge in [0.15, 0.2) is 0 Å². The van der Waals surface area contributed by atoms with E-state index in [1.807, 2.05) is 0 Å². The zero-order valence-corrected chi connectivity index (χ0v) is 16.7. The van der Waals surface area contributed by atoms with E-state index in [9.17, 15) is 48.9 Å². The summed E-state index contributed by atoms with van der Waals surface area (Å²) < 4.78 is 123. The number of benzene rings is 2.